The highest BCUT2D eigenvalue weighted by Crippen LogP contribution is 2.23. The summed E-state index contributed by atoms with van der Waals surface area (Å²) in [5.74, 6) is -0.0375. The minimum Gasteiger partial charge on any atom is -0.398 e. The predicted molar refractivity (Wildman–Crippen MR) is 82.8 cm³/mol. The van der Waals surface area contributed by atoms with E-state index in [0.717, 1.165) is 15.6 Å². The average Bonchev–Trinajstić information content (AvgIpc) is 2.35. The van der Waals surface area contributed by atoms with Crippen LogP contribution in [0.2, 0.25) is 5.02 Å². The number of hydrogen-bond donors (Lipinski definition) is 1. The number of carbonyl (C=O) groups is 1. The third-order valence-electron chi connectivity index (χ3n) is 2.88. The van der Waals surface area contributed by atoms with E-state index in [1.807, 2.05) is 31.2 Å². The maximum absolute atomic E-state index is 12.3. The SMILES string of the molecule is Cc1ccc(CC(=O)c2cc(Br)ccc2N)c(Cl)c1. The molecule has 0 aliphatic heterocycles. The number of nitrogens with two attached hydrogens (primary N) is 1. The van der Waals surface area contributed by atoms with Crippen molar-refractivity contribution >= 4 is 39.0 Å². The summed E-state index contributed by atoms with van der Waals surface area (Å²) in [4.78, 5) is 12.3. The van der Waals surface area contributed by atoms with E-state index in [1.54, 1.807) is 12.1 Å². The van der Waals surface area contributed by atoms with Gasteiger partial charge in [-0.2, -0.15) is 0 Å². The van der Waals surface area contributed by atoms with Crippen molar-refractivity contribution < 1.29 is 4.79 Å². The standard InChI is InChI=1S/C15H13BrClNO/c1-9-2-3-10(13(17)6-9)7-15(19)12-8-11(16)4-5-14(12)18/h2-6,8H,7,18H2,1H3. The third kappa shape index (κ3) is 3.37. The molecule has 0 saturated heterocycles. The summed E-state index contributed by atoms with van der Waals surface area (Å²) < 4.78 is 0.833. The zero-order chi connectivity index (χ0) is 14.0. The topological polar surface area (TPSA) is 43.1 Å². The van der Waals surface area contributed by atoms with Crippen molar-refractivity contribution in [2.24, 2.45) is 0 Å². The maximum atomic E-state index is 12.3. The lowest BCUT2D eigenvalue weighted by atomic mass is 10.0. The highest BCUT2D eigenvalue weighted by molar-refractivity contribution is 9.10. The van der Waals surface area contributed by atoms with E-state index in [9.17, 15) is 4.79 Å². The van der Waals surface area contributed by atoms with Crippen LogP contribution in [0, 0.1) is 6.92 Å². The largest absolute Gasteiger partial charge is 0.398 e. The molecule has 0 aliphatic carbocycles. The van der Waals surface area contributed by atoms with Crippen LogP contribution >= 0.6 is 27.5 Å². The molecule has 0 aromatic heterocycles. The molecule has 2 N–H and O–H groups in total. The fourth-order valence-electron chi connectivity index (χ4n) is 1.83. The molecule has 0 spiro atoms. The molecule has 19 heavy (non-hydrogen) atoms. The van der Waals surface area contributed by atoms with Crippen LogP contribution < -0.4 is 5.73 Å². The molecule has 2 aromatic carbocycles. The smallest absolute Gasteiger partial charge is 0.169 e. The van der Waals surface area contributed by atoms with E-state index < -0.39 is 0 Å². The van der Waals surface area contributed by atoms with Crippen molar-refractivity contribution in [2.45, 2.75) is 13.3 Å². The number of Topliss-reactive ketones (excluding diaryl/α,β-unsaturated/α-hetero) is 1. The van der Waals surface area contributed by atoms with Gasteiger partial charge in [-0.15, -0.1) is 0 Å². The molecule has 0 bridgehead atoms. The summed E-state index contributed by atoms with van der Waals surface area (Å²) in [5.41, 5.74) is 8.72. The molecule has 2 rings (SSSR count). The first-order chi connectivity index (χ1) is 8.97. The number of rotatable bonds is 3. The Labute approximate surface area is 125 Å². The van der Waals surface area contributed by atoms with Gasteiger partial charge in [0.05, 0.1) is 0 Å². The lowest BCUT2D eigenvalue weighted by molar-refractivity contribution is 0.0994. The second kappa shape index (κ2) is 5.76. The molecule has 0 fully saturated rings. The molecular weight excluding hydrogens is 326 g/mol. The van der Waals surface area contributed by atoms with Gasteiger partial charge in [0, 0.05) is 27.2 Å². The molecule has 0 heterocycles. The zero-order valence-corrected chi connectivity index (χ0v) is 12.8. The highest BCUT2D eigenvalue weighted by atomic mass is 79.9. The van der Waals surface area contributed by atoms with E-state index in [0.29, 0.717) is 16.3 Å². The fourth-order valence-corrected chi connectivity index (χ4v) is 2.50. The van der Waals surface area contributed by atoms with Gasteiger partial charge in [0.2, 0.25) is 0 Å². The van der Waals surface area contributed by atoms with Crippen LogP contribution in [0.5, 0.6) is 0 Å². The van der Waals surface area contributed by atoms with Gasteiger partial charge >= 0.3 is 0 Å². The number of benzene rings is 2. The Morgan fingerprint density at radius 1 is 1.26 bits per heavy atom. The van der Waals surface area contributed by atoms with Crippen molar-refractivity contribution in [1.82, 2.24) is 0 Å². The Balaban J connectivity index is 2.28. The molecule has 2 nitrogen and oxygen atoms in total. The normalized spacial score (nSPS) is 10.5. The Bertz CT molecular complexity index is 640. The average molecular weight is 339 g/mol. The van der Waals surface area contributed by atoms with Crippen LogP contribution in [0.15, 0.2) is 40.9 Å². The summed E-state index contributed by atoms with van der Waals surface area (Å²) in [6.07, 6.45) is 0.250. The summed E-state index contributed by atoms with van der Waals surface area (Å²) >= 11 is 9.48. The number of carbonyl (C=O) groups excluding carboxylic acids is 1. The first-order valence-electron chi connectivity index (χ1n) is 5.80. The van der Waals surface area contributed by atoms with Crippen molar-refractivity contribution in [3.05, 3.63) is 62.6 Å². The summed E-state index contributed by atoms with van der Waals surface area (Å²) in [7, 11) is 0. The third-order valence-corrected chi connectivity index (χ3v) is 3.72. The molecule has 0 amide bonds. The first kappa shape index (κ1) is 14.1. The molecular formula is C15H13BrClNO. The Hall–Kier alpha value is -1.32. The van der Waals surface area contributed by atoms with Crippen LogP contribution in [-0.2, 0) is 6.42 Å². The van der Waals surface area contributed by atoms with Gasteiger partial charge in [-0.3, -0.25) is 4.79 Å². The van der Waals surface area contributed by atoms with Gasteiger partial charge < -0.3 is 5.73 Å². The van der Waals surface area contributed by atoms with Crippen molar-refractivity contribution in [3.63, 3.8) is 0 Å². The predicted octanol–water partition coefficient (Wildman–Crippen LogP) is 4.42. The molecule has 4 heteroatoms. The van der Waals surface area contributed by atoms with Crippen LogP contribution in [0.4, 0.5) is 5.69 Å². The van der Waals surface area contributed by atoms with Gasteiger partial charge in [-0.25, -0.2) is 0 Å². The highest BCUT2D eigenvalue weighted by Gasteiger charge is 2.13. The summed E-state index contributed by atoms with van der Waals surface area (Å²) in [5, 5.41) is 0.613. The van der Waals surface area contributed by atoms with Gasteiger partial charge in [0.1, 0.15) is 0 Å². The Kier molecular flexibility index (Phi) is 4.27. The zero-order valence-electron chi connectivity index (χ0n) is 10.4. The minimum absolute atomic E-state index is 0.0375. The monoisotopic (exact) mass is 337 g/mol. The molecule has 0 aliphatic rings. The van der Waals surface area contributed by atoms with Crippen LogP contribution in [-0.4, -0.2) is 5.78 Å². The van der Waals surface area contributed by atoms with E-state index >= 15 is 0 Å². The van der Waals surface area contributed by atoms with Crippen molar-refractivity contribution in [2.75, 3.05) is 5.73 Å². The van der Waals surface area contributed by atoms with Crippen molar-refractivity contribution in [1.29, 1.82) is 0 Å². The van der Waals surface area contributed by atoms with E-state index in [4.69, 9.17) is 17.3 Å². The minimum atomic E-state index is -0.0375. The number of hydrogen-bond acceptors (Lipinski definition) is 2. The number of ketones is 1. The van der Waals surface area contributed by atoms with E-state index in [2.05, 4.69) is 15.9 Å². The van der Waals surface area contributed by atoms with Crippen LogP contribution in [0.1, 0.15) is 21.5 Å². The fraction of sp³-hybridized carbons (Fsp3) is 0.133. The molecule has 0 atom stereocenters. The van der Waals surface area contributed by atoms with Crippen molar-refractivity contribution in [3.8, 4) is 0 Å². The molecule has 2 aromatic rings. The lowest BCUT2D eigenvalue weighted by Crippen LogP contribution is -2.07. The van der Waals surface area contributed by atoms with Gasteiger partial charge in [0.25, 0.3) is 0 Å². The Morgan fingerprint density at radius 2 is 2.00 bits per heavy atom. The number of halogens is 2. The Morgan fingerprint density at radius 3 is 2.68 bits per heavy atom. The summed E-state index contributed by atoms with van der Waals surface area (Å²) in [6, 6.07) is 10.9. The molecule has 98 valence electrons. The first-order valence-corrected chi connectivity index (χ1v) is 6.97. The molecule has 0 saturated carbocycles. The lowest BCUT2D eigenvalue weighted by Gasteiger charge is -2.07. The van der Waals surface area contributed by atoms with Crippen LogP contribution in [0.3, 0.4) is 0 Å². The van der Waals surface area contributed by atoms with Gasteiger partial charge in [0.15, 0.2) is 5.78 Å². The molecule has 0 radical (unpaired) electrons. The van der Waals surface area contributed by atoms with E-state index in [1.165, 1.54) is 0 Å². The second-order valence-electron chi connectivity index (χ2n) is 4.43. The number of aryl methyl sites for hydroxylation is 1. The van der Waals surface area contributed by atoms with E-state index in [-0.39, 0.29) is 12.2 Å². The van der Waals surface area contributed by atoms with Gasteiger partial charge in [-0.05, 0) is 42.3 Å². The quantitative estimate of drug-likeness (QED) is 0.665. The molecule has 0 unspecified atom stereocenters. The van der Waals surface area contributed by atoms with Gasteiger partial charge in [-0.1, -0.05) is 39.7 Å². The maximum Gasteiger partial charge on any atom is 0.169 e. The second-order valence-corrected chi connectivity index (χ2v) is 5.75. The summed E-state index contributed by atoms with van der Waals surface area (Å²) in [6.45, 7) is 1.96. The number of anilines is 1. The van der Waals surface area contributed by atoms with Crippen LogP contribution in [0.25, 0.3) is 0 Å². The number of nitrogen functional groups attached to an aromatic ring is 1.